The molecule has 6 aromatic carbocycles. The first-order valence-corrected chi connectivity index (χ1v) is 24.7. The van der Waals surface area contributed by atoms with E-state index < -0.39 is 0 Å². The summed E-state index contributed by atoms with van der Waals surface area (Å²) in [5.74, 6) is 0. The molecule has 330 valence electrons. The molecule has 3 aliphatic carbocycles. The van der Waals surface area contributed by atoms with Gasteiger partial charge in [-0.25, -0.2) is 0 Å². The Morgan fingerprint density at radius 3 is 1.89 bits per heavy atom. The molecule has 3 nitrogen and oxygen atoms in total. The first-order chi connectivity index (χ1) is 31.4. The third kappa shape index (κ3) is 5.63. The second-order valence-electron chi connectivity index (χ2n) is 23.3. The fraction of sp³-hybridized carbons (Fsp3) is 0.323. The maximum absolute atomic E-state index is 2.74. The number of para-hydroxylation sites is 3. The Labute approximate surface area is 394 Å². The molecule has 0 unspecified atom stereocenters. The summed E-state index contributed by atoms with van der Waals surface area (Å²) in [5, 5.41) is 1.40. The number of aryl methyl sites for hydroxylation is 3. The normalized spacial score (nSPS) is 17.9. The van der Waals surface area contributed by atoms with Crippen molar-refractivity contribution in [2.75, 3.05) is 9.80 Å². The molecule has 0 saturated carbocycles. The summed E-state index contributed by atoms with van der Waals surface area (Å²) in [6.45, 7) is 28.9. The summed E-state index contributed by atoms with van der Waals surface area (Å²) in [5.41, 5.74) is 28.3. The van der Waals surface area contributed by atoms with Crippen LogP contribution in [-0.2, 0) is 21.7 Å². The Morgan fingerprint density at radius 1 is 0.591 bits per heavy atom. The SMILES string of the molecule is Cc1ccccc1N(c1ccc2c(c1)N(c1cc3c(cc1C)C(C)(C)CCC3(C)C)c1cc(C(C)(C)C)cc3c1B2c1cccc2c4c(n-3c12)C1=CCCC=C1C4(C)C)c1ccccc1C. The fourth-order valence-electron chi connectivity index (χ4n) is 13.0. The first-order valence-electron chi connectivity index (χ1n) is 24.7. The predicted octanol–water partition coefficient (Wildman–Crippen LogP) is 14.7. The van der Waals surface area contributed by atoms with Gasteiger partial charge in [0.1, 0.15) is 0 Å². The smallest absolute Gasteiger partial charge is 0.252 e. The van der Waals surface area contributed by atoms with Gasteiger partial charge in [0.2, 0.25) is 0 Å². The van der Waals surface area contributed by atoms with Crippen LogP contribution in [-0.4, -0.2) is 11.3 Å². The highest BCUT2D eigenvalue weighted by Crippen LogP contribution is 2.57. The number of rotatable bonds is 4. The number of anilines is 6. The van der Waals surface area contributed by atoms with Crippen molar-refractivity contribution in [2.24, 2.45) is 0 Å². The van der Waals surface area contributed by atoms with Crippen LogP contribution in [0.2, 0.25) is 0 Å². The molecule has 0 saturated heterocycles. The van der Waals surface area contributed by atoms with Gasteiger partial charge in [-0.1, -0.05) is 141 Å². The summed E-state index contributed by atoms with van der Waals surface area (Å²) in [7, 11) is 0. The lowest BCUT2D eigenvalue weighted by Gasteiger charge is -2.45. The molecule has 7 aromatic rings. The number of hydrogen-bond donors (Lipinski definition) is 0. The minimum absolute atomic E-state index is 0.0488. The highest BCUT2D eigenvalue weighted by Gasteiger charge is 2.49. The van der Waals surface area contributed by atoms with Gasteiger partial charge in [-0.2, -0.15) is 0 Å². The fourth-order valence-corrected chi connectivity index (χ4v) is 13.0. The molecule has 0 radical (unpaired) electrons. The van der Waals surface area contributed by atoms with Gasteiger partial charge in [0.15, 0.2) is 0 Å². The predicted molar refractivity (Wildman–Crippen MR) is 284 cm³/mol. The second kappa shape index (κ2) is 13.8. The van der Waals surface area contributed by atoms with E-state index in [-0.39, 0.29) is 28.4 Å². The maximum Gasteiger partial charge on any atom is 0.252 e. The van der Waals surface area contributed by atoms with Gasteiger partial charge >= 0.3 is 0 Å². The third-order valence-electron chi connectivity index (χ3n) is 16.8. The zero-order valence-electron chi connectivity index (χ0n) is 41.3. The van der Waals surface area contributed by atoms with E-state index in [1.54, 1.807) is 0 Å². The number of hydrogen-bond acceptors (Lipinski definition) is 2. The average Bonchev–Trinajstić information content (AvgIpc) is 3.75. The zero-order chi connectivity index (χ0) is 46.0. The molecule has 0 N–H and O–H groups in total. The van der Waals surface area contributed by atoms with E-state index in [9.17, 15) is 0 Å². The number of allylic oxidation sites excluding steroid dienone is 4. The maximum atomic E-state index is 2.74. The lowest BCUT2D eigenvalue weighted by Crippen LogP contribution is -2.60. The van der Waals surface area contributed by atoms with Crippen LogP contribution in [0.25, 0.3) is 22.2 Å². The van der Waals surface area contributed by atoms with Crippen LogP contribution in [0.5, 0.6) is 0 Å². The molecule has 0 bridgehead atoms. The minimum atomic E-state index is -0.0982. The zero-order valence-corrected chi connectivity index (χ0v) is 41.3. The van der Waals surface area contributed by atoms with Gasteiger partial charge in [-0.3, -0.25) is 0 Å². The van der Waals surface area contributed by atoms with Crippen molar-refractivity contribution >= 4 is 73.7 Å². The monoisotopic (exact) mass is 862 g/mol. The summed E-state index contributed by atoms with van der Waals surface area (Å²) >= 11 is 0. The number of aromatic nitrogens is 1. The van der Waals surface area contributed by atoms with E-state index in [1.807, 2.05) is 0 Å². The topological polar surface area (TPSA) is 11.4 Å². The Bertz CT molecular complexity index is 3280. The summed E-state index contributed by atoms with van der Waals surface area (Å²) < 4.78 is 2.74. The highest BCUT2D eigenvalue weighted by atomic mass is 15.2. The van der Waals surface area contributed by atoms with Crippen LogP contribution < -0.4 is 26.2 Å². The lowest BCUT2D eigenvalue weighted by atomic mass is 9.33. The molecule has 3 heterocycles. The summed E-state index contributed by atoms with van der Waals surface area (Å²) in [4.78, 5) is 5.22. The van der Waals surface area contributed by atoms with Gasteiger partial charge in [0.25, 0.3) is 6.71 Å². The molecule has 4 heteroatoms. The number of fused-ring (bicyclic) bond motifs is 10. The largest absolute Gasteiger partial charge is 0.311 e. The number of nitrogens with zero attached hydrogens (tertiary/aromatic N) is 3. The van der Waals surface area contributed by atoms with Crippen LogP contribution in [0.1, 0.15) is 133 Å². The van der Waals surface area contributed by atoms with Gasteiger partial charge in [0, 0.05) is 56.1 Å². The van der Waals surface area contributed by atoms with Gasteiger partial charge in [0.05, 0.1) is 5.69 Å². The molecule has 66 heavy (non-hydrogen) atoms. The lowest BCUT2D eigenvalue weighted by molar-refractivity contribution is 0.332. The Balaban J connectivity index is 1.23. The highest BCUT2D eigenvalue weighted by molar-refractivity contribution is 7.00. The second-order valence-corrected chi connectivity index (χ2v) is 23.3. The van der Waals surface area contributed by atoms with Gasteiger partial charge < -0.3 is 14.4 Å². The molecule has 1 aromatic heterocycles. The summed E-state index contributed by atoms with van der Waals surface area (Å²) in [6, 6.07) is 42.8. The van der Waals surface area contributed by atoms with Crippen LogP contribution >= 0.6 is 0 Å². The molecule has 0 atom stereocenters. The molecule has 0 amide bonds. The molecular formula is C62H64BN3. The van der Waals surface area contributed by atoms with E-state index in [2.05, 4.69) is 219 Å². The van der Waals surface area contributed by atoms with Gasteiger partial charge in [-0.05, 0) is 172 Å². The molecule has 0 spiro atoms. The van der Waals surface area contributed by atoms with Crippen molar-refractivity contribution in [2.45, 2.75) is 130 Å². The summed E-state index contributed by atoms with van der Waals surface area (Å²) in [6.07, 6.45) is 9.65. The van der Waals surface area contributed by atoms with Crippen LogP contribution in [0.3, 0.4) is 0 Å². The van der Waals surface area contributed by atoms with Crippen molar-refractivity contribution in [3.63, 3.8) is 0 Å². The van der Waals surface area contributed by atoms with Crippen molar-refractivity contribution < 1.29 is 0 Å². The standard InChI is InChI=1S/C62H64BN3/c1-37-20-13-17-26-49(37)64(50-27-18-14-21-38(50)2)41-28-29-47-52(35-41)65(51-36-46-45(32-39(51)3)60(7,8)30-31-61(46,9)10)53-33-40(59(4,5)6)34-54-56(53)63(47)48-25-19-23-43-55-58(66(54)57(43)48)42-22-15-16-24-44(42)62(55,11)12/h13-14,17-29,32-36H,15-16,30-31H2,1-12H3. The van der Waals surface area contributed by atoms with Crippen LogP contribution in [0.4, 0.5) is 34.1 Å². The van der Waals surface area contributed by atoms with Crippen molar-refractivity contribution in [1.82, 2.24) is 4.57 Å². The minimum Gasteiger partial charge on any atom is -0.311 e. The average molecular weight is 862 g/mol. The van der Waals surface area contributed by atoms with Gasteiger partial charge in [-0.15, -0.1) is 0 Å². The van der Waals surface area contributed by atoms with E-state index >= 15 is 0 Å². The van der Waals surface area contributed by atoms with E-state index in [0.29, 0.717) is 0 Å². The van der Waals surface area contributed by atoms with Crippen molar-refractivity contribution in [1.29, 1.82) is 0 Å². The van der Waals surface area contributed by atoms with E-state index in [1.165, 1.54) is 130 Å². The molecule has 5 aliphatic rings. The molecular weight excluding hydrogens is 798 g/mol. The van der Waals surface area contributed by atoms with Crippen LogP contribution in [0.15, 0.2) is 127 Å². The Hall–Kier alpha value is -6.00. The quantitative estimate of drug-likeness (QED) is 0.163. The molecule has 2 aliphatic heterocycles. The molecule has 0 fully saturated rings. The first kappa shape index (κ1) is 41.4. The van der Waals surface area contributed by atoms with E-state index in [0.717, 1.165) is 18.5 Å². The van der Waals surface area contributed by atoms with Crippen molar-refractivity contribution in [3.8, 4) is 5.69 Å². The third-order valence-corrected chi connectivity index (χ3v) is 16.8. The van der Waals surface area contributed by atoms with Crippen molar-refractivity contribution in [3.05, 3.63) is 172 Å². The molecule has 12 rings (SSSR count). The van der Waals surface area contributed by atoms with Crippen LogP contribution in [0, 0.1) is 20.8 Å². The number of benzene rings is 6. The Kier molecular flexibility index (Phi) is 8.65. The Morgan fingerprint density at radius 2 is 1.23 bits per heavy atom. The van der Waals surface area contributed by atoms with E-state index in [4.69, 9.17) is 0 Å².